The van der Waals surface area contributed by atoms with Gasteiger partial charge >= 0.3 is 0 Å². The van der Waals surface area contributed by atoms with Gasteiger partial charge in [-0.05, 0) is 0 Å². The van der Waals surface area contributed by atoms with Crippen molar-refractivity contribution in [1.29, 1.82) is 0 Å². The summed E-state index contributed by atoms with van der Waals surface area (Å²) in [6.07, 6.45) is 0. The Bertz CT molecular complexity index is 149. The second kappa shape index (κ2) is 3.74. The van der Waals surface area contributed by atoms with Gasteiger partial charge in [0.2, 0.25) is 5.91 Å². The van der Waals surface area contributed by atoms with Gasteiger partial charge in [0.05, 0.1) is 8.07 Å². The monoisotopic (exact) mass is 203 g/mol. The quantitative estimate of drug-likeness (QED) is 0.701. The zero-order chi connectivity index (χ0) is 9.99. The van der Waals surface area contributed by atoms with Crippen molar-refractivity contribution in [2.24, 2.45) is 0 Å². The molecule has 0 aromatic heterocycles. The molecule has 0 aliphatic heterocycles. The molecule has 0 spiro atoms. The Hall–Kier alpha value is -0.0962. The van der Waals surface area contributed by atoms with Gasteiger partial charge in [-0.3, -0.25) is 4.79 Å². The minimum absolute atomic E-state index is 0.258. The molecule has 0 saturated heterocycles. The summed E-state index contributed by atoms with van der Waals surface area (Å²) in [5, 5.41) is 0. The average Bonchev–Trinajstić information content (AvgIpc) is 1.49. The highest BCUT2D eigenvalue weighted by Gasteiger charge is 2.22. The third kappa shape index (κ3) is 8.00. The molecule has 0 rings (SSSR count). The molecule has 0 unspecified atom stereocenters. The molecule has 72 valence electrons. The van der Waals surface area contributed by atoms with Gasteiger partial charge in [0, 0.05) is 6.04 Å². The summed E-state index contributed by atoms with van der Waals surface area (Å²) in [7, 11) is -2.61. The molecule has 0 aromatic carbocycles. The Morgan fingerprint density at radius 1 is 1.08 bits per heavy atom. The molecule has 12 heavy (non-hydrogen) atoms. The summed E-state index contributed by atoms with van der Waals surface area (Å²) >= 11 is 0. The maximum Gasteiger partial charge on any atom is 0.209 e. The van der Waals surface area contributed by atoms with Crippen LogP contribution in [0.5, 0.6) is 0 Å². The normalized spacial score (nSPS) is 12.8. The Kier molecular flexibility index (Phi) is 3.71. The smallest absolute Gasteiger partial charge is 0.209 e. The first kappa shape index (κ1) is 11.9. The van der Waals surface area contributed by atoms with Crippen LogP contribution in [-0.4, -0.2) is 22.2 Å². The van der Waals surface area contributed by atoms with E-state index in [0.717, 1.165) is 6.04 Å². The van der Waals surface area contributed by atoms with Gasteiger partial charge in [-0.15, -0.1) is 0 Å². The van der Waals surface area contributed by atoms with E-state index in [0.29, 0.717) is 0 Å². The van der Waals surface area contributed by atoms with Gasteiger partial charge in [0.15, 0.2) is 0 Å². The molecular formula is C8H21NOSi2. The van der Waals surface area contributed by atoms with Crippen LogP contribution in [0.25, 0.3) is 0 Å². The van der Waals surface area contributed by atoms with Crippen molar-refractivity contribution in [2.75, 3.05) is 0 Å². The molecule has 2 nitrogen and oxygen atoms in total. The van der Waals surface area contributed by atoms with Crippen LogP contribution in [0.2, 0.25) is 45.3 Å². The van der Waals surface area contributed by atoms with Crippen LogP contribution in [0.1, 0.15) is 0 Å². The van der Waals surface area contributed by atoms with Crippen LogP contribution in [-0.2, 0) is 4.79 Å². The fourth-order valence-electron chi connectivity index (χ4n) is 0.944. The standard InChI is InChI=1S/C8H21NOSi2/c1-11(2,3)7-8(10)9-12(4,5)6/h7H2,1-6H3,(H,9,10). The maximum absolute atomic E-state index is 11.4. The zero-order valence-corrected chi connectivity index (χ0v) is 11.1. The third-order valence-corrected chi connectivity index (χ3v) is 3.62. The van der Waals surface area contributed by atoms with E-state index in [9.17, 15) is 4.79 Å². The van der Waals surface area contributed by atoms with E-state index < -0.39 is 16.3 Å². The lowest BCUT2D eigenvalue weighted by molar-refractivity contribution is -0.117. The fraction of sp³-hybridized carbons (Fsp3) is 0.875. The molecule has 0 heterocycles. The second-order valence-corrected chi connectivity index (χ2v) is 15.8. The number of carbonyl (C=O) groups excluding carboxylic acids is 1. The Morgan fingerprint density at radius 3 is 1.75 bits per heavy atom. The van der Waals surface area contributed by atoms with Crippen LogP contribution in [0, 0.1) is 0 Å². The van der Waals surface area contributed by atoms with Crippen molar-refractivity contribution < 1.29 is 4.79 Å². The molecule has 0 radical (unpaired) electrons. The first-order valence-corrected chi connectivity index (χ1v) is 11.6. The average molecular weight is 203 g/mol. The van der Waals surface area contributed by atoms with E-state index in [1.54, 1.807) is 0 Å². The highest BCUT2D eigenvalue weighted by Crippen LogP contribution is 2.08. The van der Waals surface area contributed by atoms with E-state index in [-0.39, 0.29) is 5.91 Å². The van der Waals surface area contributed by atoms with Crippen LogP contribution in [0.3, 0.4) is 0 Å². The Morgan fingerprint density at radius 2 is 1.50 bits per heavy atom. The van der Waals surface area contributed by atoms with Crippen molar-refractivity contribution in [3.05, 3.63) is 0 Å². The van der Waals surface area contributed by atoms with Crippen LogP contribution < -0.4 is 4.98 Å². The lowest BCUT2D eigenvalue weighted by Crippen LogP contribution is -2.47. The zero-order valence-electron chi connectivity index (χ0n) is 9.12. The van der Waals surface area contributed by atoms with Crippen LogP contribution >= 0.6 is 0 Å². The number of amides is 1. The summed E-state index contributed by atoms with van der Waals surface area (Å²) in [4.78, 5) is 14.5. The Labute approximate surface area is 77.8 Å². The molecule has 0 aliphatic carbocycles. The van der Waals surface area contributed by atoms with E-state index in [1.807, 2.05) is 0 Å². The number of hydrogen-bond donors (Lipinski definition) is 1. The lowest BCUT2D eigenvalue weighted by Gasteiger charge is -2.21. The number of carbonyl (C=O) groups is 1. The first-order valence-electron chi connectivity index (χ1n) is 4.41. The molecule has 1 N–H and O–H groups in total. The van der Waals surface area contributed by atoms with Crippen molar-refractivity contribution in [2.45, 2.75) is 45.3 Å². The predicted molar refractivity (Wildman–Crippen MR) is 59.6 cm³/mol. The lowest BCUT2D eigenvalue weighted by atomic mass is 10.8. The van der Waals surface area contributed by atoms with Crippen molar-refractivity contribution >= 4 is 22.2 Å². The third-order valence-electron chi connectivity index (χ3n) is 1.21. The van der Waals surface area contributed by atoms with Crippen molar-refractivity contribution in [1.82, 2.24) is 4.98 Å². The summed E-state index contributed by atoms with van der Waals surface area (Å²) < 4.78 is 0. The first-order chi connectivity index (χ1) is 5.10. The SMILES string of the molecule is C[Si](C)(C)CC(=O)N[Si](C)(C)C. The topological polar surface area (TPSA) is 29.1 Å². The molecule has 0 saturated carbocycles. The van der Waals surface area contributed by atoms with Crippen LogP contribution in [0.4, 0.5) is 0 Å². The number of hydrogen-bond acceptors (Lipinski definition) is 1. The molecule has 0 aliphatic rings. The van der Waals surface area contributed by atoms with E-state index in [2.05, 4.69) is 44.3 Å². The van der Waals surface area contributed by atoms with Crippen molar-refractivity contribution in [3.63, 3.8) is 0 Å². The van der Waals surface area contributed by atoms with Crippen molar-refractivity contribution in [3.8, 4) is 0 Å². The van der Waals surface area contributed by atoms with E-state index in [4.69, 9.17) is 0 Å². The Balaban J connectivity index is 3.92. The largest absolute Gasteiger partial charge is 0.383 e. The number of rotatable bonds is 3. The number of nitrogens with one attached hydrogen (secondary N) is 1. The maximum atomic E-state index is 11.4. The van der Waals surface area contributed by atoms with Gasteiger partial charge in [-0.1, -0.05) is 39.3 Å². The second-order valence-electron chi connectivity index (χ2n) is 5.54. The van der Waals surface area contributed by atoms with Gasteiger partial charge in [-0.25, -0.2) is 0 Å². The summed E-state index contributed by atoms with van der Waals surface area (Å²) in [5.41, 5.74) is 0. The highest BCUT2D eigenvalue weighted by molar-refractivity contribution is 6.81. The summed E-state index contributed by atoms with van der Waals surface area (Å²) in [6, 6.07) is 0.761. The van der Waals surface area contributed by atoms with Gasteiger partial charge in [0.1, 0.15) is 8.24 Å². The molecular weight excluding hydrogens is 182 g/mol. The molecule has 4 heteroatoms. The fourth-order valence-corrected chi connectivity index (χ4v) is 3.10. The van der Waals surface area contributed by atoms with Gasteiger partial charge in [0.25, 0.3) is 0 Å². The van der Waals surface area contributed by atoms with Gasteiger partial charge < -0.3 is 4.98 Å². The van der Waals surface area contributed by atoms with Crippen LogP contribution in [0.15, 0.2) is 0 Å². The highest BCUT2D eigenvalue weighted by atomic mass is 28.3. The molecule has 0 aromatic rings. The molecule has 0 bridgehead atoms. The predicted octanol–water partition coefficient (Wildman–Crippen LogP) is 2.28. The van der Waals surface area contributed by atoms with Gasteiger partial charge in [-0.2, -0.15) is 0 Å². The minimum Gasteiger partial charge on any atom is -0.383 e. The van der Waals surface area contributed by atoms with E-state index in [1.165, 1.54) is 0 Å². The minimum atomic E-state index is -1.40. The summed E-state index contributed by atoms with van der Waals surface area (Å²) in [6.45, 7) is 13.1. The molecule has 0 fully saturated rings. The molecule has 1 amide bonds. The molecule has 0 atom stereocenters. The van der Waals surface area contributed by atoms with E-state index >= 15 is 0 Å². The summed E-state index contributed by atoms with van der Waals surface area (Å²) in [5.74, 6) is 0.258.